The summed E-state index contributed by atoms with van der Waals surface area (Å²) in [6, 6.07) is 0. The molecule has 0 bridgehead atoms. The van der Waals surface area contributed by atoms with Crippen molar-refractivity contribution in [2.75, 3.05) is 20.1 Å². The Hall–Kier alpha value is -0.750. The van der Waals surface area contributed by atoms with Gasteiger partial charge in [0.05, 0.1) is 5.54 Å². The molecule has 0 spiro atoms. The summed E-state index contributed by atoms with van der Waals surface area (Å²) in [5, 5.41) is 11.3. The van der Waals surface area contributed by atoms with Crippen LogP contribution in [0.2, 0.25) is 0 Å². The van der Waals surface area contributed by atoms with Crippen molar-refractivity contribution in [3.63, 3.8) is 0 Å². The predicted molar refractivity (Wildman–Crippen MR) is 43.9 cm³/mol. The fraction of sp³-hybridized carbons (Fsp3) is 0.875. The molecule has 1 N–H and O–H groups in total. The normalized spacial score (nSPS) is 32.8. The first-order valence-corrected chi connectivity index (χ1v) is 4.01. The second kappa shape index (κ2) is 3.10. The quantitative estimate of drug-likeness (QED) is 0.441. The van der Waals surface area contributed by atoms with Crippen molar-refractivity contribution in [3.8, 4) is 6.19 Å². The zero-order valence-corrected chi connectivity index (χ0v) is 7.22. The molecule has 1 aliphatic rings. The van der Waals surface area contributed by atoms with Crippen LogP contribution in [0.25, 0.3) is 0 Å². The Morgan fingerprint density at radius 2 is 2.36 bits per heavy atom. The van der Waals surface area contributed by atoms with Crippen molar-refractivity contribution in [1.29, 1.82) is 5.26 Å². The van der Waals surface area contributed by atoms with E-state index in [-0.39, 0.29) is 5.54 Å². The summed E-state index contributed by atoms with van der Waals surface area (Å²) in [6.07, 6.45) is 4.31. The number of piperidine rings is 1. The maximum Gasteiger partial charge on any atom is 0.177 e. The van der Waals surface area contributed by atoms with Gasteiger partial charge in [0, 0.05) is 6.54 Å². The summed E-state index contributed by atoms with van der Waals surface area (Å²) >= 11 is 0. The molecule has 1 unspecified atom stereocenters. The third-order valence-electron chi connectivity index (χ3n) is 2.24. The SMILES string of the molecule is CN1CCCC(C)(NC#N)C1. The second-order valence-corrected chi connectivity index (χ2v) is 3.64. The summed E-state index contributed by atoms with van der Waals surface area (Å²) in [7, 11) is 2.09. The molecule has 0 saturated carbocycles. The Bertz CT molecular complexity index is 173. The van der Waals surface area contributed by atoms with Crippen LogP contribution in [0.1, 0.15) is 19.8 Å². The third kappa shape index (κ3) is 2.09. The van der Waals surface area contributed by atoms with Crippen molar-refractivity contribution < 1.29 is 0 Å². The summed E-state index contributed by atoms with van der Waals surface area (Å²) in [5.41, 5.74) is 0.0156. The van der Waals surface area contributed by atoms with E-state index in [2.05, 4.69) is 24.2 Å². The van der Waals surface area contributed by atoms with Gasteiger partial charge >= 0.3 is 0 Å². The molecule has 62 valence electrons. The molecule has 0 aromatic rings. The van der Waals surface area contributed by atoms with Crippen molar-refractivity contribution in [1.82, 2.24) is 10.2 Å². The first-order valence-electron chi connectivity index (χ1n) is 4.01. The number of nitrogens with zero attached hydrogens (tertiary/aromatic N) is 2. The molecule has 0 aromatic heterocycles. The van der Waals surface area contributed by atoms with E-state index in [4.69, 9.17) is 5.26 Å². The molecule has 0 radical (unpaired) electrons. The van der Waals surface area contributed by atoms with Crippen LogP contribution in [0.3, 0.4) is 0 Å². The van der Waals surface area contributed by atoms with E-state index in [1.54, 1.807) is 0 Å². The van der Waals surface area contributed by atoms with Crippen LogP contribution in [0.4, 0.5) is 0 Å². The van der Waals surface area contributed by atoms with E-state index in [0.717, 1.165) is 19.5 Å². The molecule has 1 rings (SSSR count). The van der Waals surface area contributed by atoms with E-state index < -0.39 is 0 Å². The zero-order chi connectivity index (χ0) is 8.32. The Balaban J connectivity index is 2.50. The maximum absolute atomic E-state index is 8.49. The van der Waals surface area contributed by atoms with E-state index in [1.807, 2.05) is 6.19 Å². The number of rotatable bonds is 1. The Morgan fingerprint density at radius 3 is 2.91 bits per heavy atom. The Labute approximate surface area is 68.0 Å². The van der Waals surface area contributed by atoms with Gasteiger partial charge in [0.2, 0.25) is 0 Å². The third-order valence-corrected chi connectivity index (χ3v) is 2.24. The maximum atomic E-state index is 8.49. The molecule has 0 aliphatic carbocycles. The Kier molecular flexibility index (Phi) is 2.35. The van der Waals surface area contributed by atoms with Gasteiger partial charge in [-0.3, -0.25) is 0 Å². The zero-order valence-electron chi connectivity index (χ0n) is 7.22. The lowest BCUT2D eigenvalue weighted by Gasteiger charge is -2.37. The van der Waals surface area contributed by atoms with Crippen molar-refractivity contribution in [2.24, 2.45) is 0 Å². The van der Waals surface area contributed by atoms with Crippen LogP contribution in [0, 0.1) is 11.5 Å². The molecule has 3 heteroatoms. The van der Waals surface area contributed by atoms with Crippen molar-refractivity contribution >= 4 is 0 Å². The average molecular weight is 153 g/mol. The van der Waals surface area contributed by atoms with E-state index in [1.165, 1.54) is 6.42 Å². The van der Waals surface area contributed by atoms with E-state index >= 15 is 0 Å². The summed E-state index contributed by atoms with van der Waals surface area (Å²) < 4.78 is 0. The fourth-order valence-corrected chi connectivity index (χ4v) is 1.73. The lowest BCUT2D eigenvalue weighted by molar-refractivity contribution is 0.173. The van der Waals surface area contributed by atoms with Crippen LogP contribution in [0.15, 0.2) is 0 Å². The predicted octanol–water partition coefficient (Wildman–Crippen LogP) is 0.541. The number of nitrogens with one attached hydrogen (secondary N) is 1. The highest BCUT2D eigenvalue weighted by Crippen LogP contribution is 2.18. The minimum absolute atomic E-state index is 0.0156. The standard InChI is InChI=1S/C8H15N3/c1-8(10-7-9)4-3-5-11(2)6-8/h10H,3-6H2,1-2H3. The summed E-state index contributed by atoms with van der Waals surface area (Å²) in [6.45, 7) is 4.23. The van der Waals surface area contributed by atoms with Gasteiger partial charge in [0.25, 0.3) is 0 Å². The van der Waals surface area contributed by atoms with Crippen LogP contribution >= 0.6 is 0 Å². The lowest BCUT2D eigenvalue weighted by Crippen LogP contribution is -2.52. The van der Waals surface area contributed by atoms with Gasteiger partial charge in [-0.15, -0.1) is 0 Å². The van der Waals surface area contributed by atoms with Gasteiger partial charge in [0.15, 0.2) is 6.19 Å². The molecule has 1 saturated heterocycles. The van der Waals surface area contributed by atoms with Gasteiger partial charge < -0.3 is 10.2 Å². The van der Waals surface area contributed by atoms with E-state index in [0.29, 0.717) is 0 Å². The fourth-order valence-electron chi connectivity index (χ4n) is 1.73. The topological polar surface area (TPSA) is 39.1 Å². The number of likely N-dealkylation sites (tertiary alicyclic amines) is 1. The average Bonchev–Trinajstić information content (AvgIpc) is 1.86. The highest BCUT2D eigenvalue weighted by Gasteiger charge is 2.28. The van der Waals surface area contributed by atoms with Gasteiger partial charge in [-0.25, -0.2) is 0 Å². The molecule has 3 nitrogen and oxygen atoms in total. The van der Waals surface area contributed by atoms with Crippen LogP contribution in [0.5, 0.6) is 0 Å². The summed E-state index contributed by atoms with van der Waals surface area (Å²) in [4.78, 5) is 2.26. The molecule has 0 aromatic carbocycles. The van der Waals surface area contributed by atoms with Gasteiger partial charge in [-0.05, 0) is 33.4 Å². The van der Waals surface area contributed by atoms with Crippen LogP contribution in [-0.4, -0.2) is 30.6 Å². The van der Waals surface area contributed by atoms with Crippen LogP contribution in [-0.2, 0) is 0 Å². The molecule has 1 heterocycles. The minimum atomic E-state index is 0.0156. The lowest BCUT2D eigenvalue weighted by atomic mass is 9.92. The first-order chi connectivity index (χ1) is 5.16. The Morgan fingerprint density at radius 1 is 1.64 bits per heavy atom. The van der Waals surface area contributed by atoms with Gasteiger partial charge in [-0.2, -0.15) is 5.26 Å². The van der Waals surface area contributed by atoms with Gasteiger partial charge in [-0.1, -0.05) is 0 Å². The number of nitriles is 1. The highest BCUT2D eigenvalue weighted by atomic mass is 15.2. The molecule has 1 fully saturated rings. The number of hydrogen-bond donors (Lipinski definition) is 1. The van der Waals surface area contributed by atoms with E-state index in [9.17, 15) is 0 Å². The molecule has 11 heavy (non-hydrogen) atoms. The summed E-state index contributed by atoms with van der Waals surface area (Å²) in [5.74, 6) is 0. The molecular formula is C8H15N3. The van der Waals surface area contributed by atoms with Crippen molar-refractivity contribution in [3.05, 3.63) is 0 Å². The molecule has 1 aliphatic heterocycles. The van der Waals surface area contributed by atoms with Gasteiger partial charge in [0.1, 0.15) is 0 Å². The number of likely N-dealkylation sites (N-methyl/N-ethyl adjacent to an activating group) is 1. The number of hydrogen-bond acceptors (Lipinski definition) is 3. The highest BCUT2D eigenvalue weighted by molar-refractivity contribution is 4.94. The first kappa shape index (κ1) is 8.35. The molecular weight excluding hydrogens is 138 g/mol. The molecule has 0 amide bonds. The second-order valence-electron chi connectivity index (χ2n) is 3.64. The van der Waals surface area contributed by atoms with Crippen molar-refractivity contribution in [2.45, 2.75) is 25.3 Å². The van der Waals surface area contributed by atoms with Crippen LogP contribution < -0.4 is 5.32 Å². The monoisotopic (exact) mass is 153 g/mol. The minimum Gasteiger partial charge on any atom is -0.317 e. The molecule has 1 atom stereocenters. The largest absolute Gasteiger partial charge is 0.317 e. The smallest absolute Gasteiger partial charge is 0.177 e.